The number of carbonyl (C=O) groups is 1. The Bertz CT molecular complexity index is 812. The van der Waals surface area contributed by atoms with E-state index in [1.807, 2.05) is 0 Å². The summed E-state index contributed by atoms with van der Waals surface area (Å²) in [5.41, 5.74) is 1.63. The van der Waals surface area contributed by atoms with Crippen LogP contribution in [0.5, 0.6) is 17.2 Å². The highest BCUT2D eigenvalue weighted by atomic mass is 19.1. The van der Waals surface area contributed by atoms with Crippen LogP contribution < -0.4 is 19.5 Å². The van der Waals surface area contributed by atoms with Gasteiger partial charge in [0.15, 0.2) is 11.5 Å². The fourth-order valence-electron chi connectivity index (χ4n) is 3.28. The van der Waals surface area contributed by atoms with E-state index in [4.69, 9.17) is 14.2 Å². The lowest BCUT2D eigenvalue weighted by molar-refractivity contribution is -0.116. The summed E-state index contributed by atoms with van der Waals surface area (Å²) in [6.07, 6.45) is 2.62. The molecule has 156 valence electrons. The monoisotopic (exact) mass is 402 g/mol. The summed E-state index contributed by atoms with van der Waals surface area (Å²) in [6, 6.07) is 10.4. The maximum atomic E-state index is 13.1. The van der Waals surface area contributed by atoms with E-state index in [-0.39, 0.29) is 11.7 Å². The van der Waals surface area contributed by atoms with Crippen LogP contribution >= 0.6 is 0 Å². The lowest BCUT2D eigenvalue weighted by Gasteiger charge is -2.22. The molecule has 2 aromatic carbocycles. The second-order valence-corrected chi connectivity index (χ2v) is 7.04. The van der Waals surface area contributed by atoms with Gasteiger partial charge >= 0.3 is 0 Å². The van der Waals surface area contributed by atoms with Crippen LogP contribution in [0.4, 0.5) is 10.1 Å². The highest BCUT2D eigenvalue weighted by Crippen LogP contribution is 2.40. The van der Waals surface area contributed by atoms with Gasteiger partial charge in [0.2, 0.25) is 11.7 Å². The number of methoxy groups -OCH3 is 3. The molecule has 6 nitrogen and oxygen atoms in total. The number of amides is 1. The molecular weight excluding hydrogens is 375 g/mol. The van der Waals surface area contributed by atoms with Crippen LogP contribution in [0.3, 0.4) is 0 Å². The van der Waals surface area contributed by atoms with Crippen LogP contribution in [0.15, 0.2) is 36.4 Å². The third kappa shape index (κ3) is 5.60. The maximum Gasteiger partial charge on any atom is 0.225 e. The number of anilines is 1. The van der Waals surface area contributed by atoms with Gasteiger partial charge in [0.25, 0.3) is 0 Å². The van der Waals surface area contributed by atoms with E-state index in [2.05, 4.69) is 10.2 Å². The minimum Gasteiger partial charge on any atom is -0.493 e. The van der Waals surface area contributed by atoms with Gasteiger partial charge in [-0.2, -0.15) is 0 Å². The zero-order valence-electron chi connectivity index (χ0n) is 17.0. The molecule has 2 aromatic rings. The van der Waals surface area contributed by atoms with Crippen molar-refractivity contribution in [2.75, 3.05) is 33.2 Å². The SMILES string of the molecule is COc1cc(NC(=O)CCN(Cc2ccc(F)cc2)C2CC2)cc(OC)c1OC. The van der Waals surface area contributed by atoms with Crippen molar-refractivity contribution in [3.63, 3.8) is 0 Å². The van der Waals surface area contributed by atoms with E-state index in [1.165, 1.54) is 33.5 Å². The minimum absolute atomic E-state index is 0.0935. The summed E-state index contributed by atoms with van der Waals surface area (Å²) in [5, 5.41) is 2.90. The highest BCUT2D eigenvalue weighted by Gasteiger charge is 2.29. The summed E-state index contributed by atoms with van der Waals surface area (Å²) in [7, 11) is 4.60. The number of hydrogen-bond donors (Lipinski definition) is 1. The van der Waals surface area contributed by atoms with E-state index in [1.54, 1.807) is 24.3 Å². The number of benzene rings is 2. The van der Waals surface area contributed by atoms with Crippen molar-refractivity contribution in [1.29, 1.82) is 0 Å². The number of ether oxygens (including phenoxy) is 3. The molecule has 0 radical (unpaired) electrons. The molecule has 29 heavy (non-hydrogen) atoms. The lowest BCUT2D eigenvalue weighted by Crippen LogP contribution is -2.29. The average molecular weight is 402 g/mol. The normalized spacial score (nSPS) is 13.3. The molecule has 0 aromatic heterocycles. The molecule has 0 aliphatic heterocycles. The molecule has 1 fully saturated rings. The third-order valence-electron chi connectivity index (χ3n) is 4.94. The Hall–Kier alpha value is -2.80. The number of hydrogen-bond acceptors (Lipinski definition) is 5. The van der Waals surface area contributed by atoms with E-state index < -0.39 is 0 Å². The number of halogens is 1. The molecule has 1 N–H and O–H groups in total. The Morgan fingerprint density at radius 2 is 1.69 bits per heavy atom. The fourth-order valence-corrected chi connectivity index (χ4v) is 3.28. The largest absolute Gasteiger partial charge is 0.493 e. The van der Waals surface area contributed by atoms with Gasteiger partial charge in [-0.3, -0.25) is 9.69 Å². The van der Waals surface area contributed by atoms with Gasteiger partial charge in [-0.25, -0.2) is 4.39 Å². The molecule has 7 heteroatoms. The van der Waals surface area contributed by atoms with Crippen LogP contribution in [0.2, 0.25) is 0 Å². The van der Waals surface area contributed by atoms with Gasteiger partial charge in [0.05, 0.1) is 21.3 Å². The van der Waals surface area contributed by atoms with E-state index in [9.17, 15) is 9.18 Å². The van der Waals surface area contributed by atoms with Crippen molar-refractivity contribution >= 4 is 11.6 Å². The molecule has 1 saturated carbocycles. The van der Waals surface area contributed by atoms with Crippen molar-refractivity contribution in [3.8, 4) is 17.2 Å². The number of nitrogens with one attached hydrogen (secondary N) is 1. The van der Waals surface area contributed by atoms with Crippen LogP contribution in [0.25, 0.3) is 0 Å². The summed E-state index contributed by atoms with van der Waals surface area (Å²) in [6.45, 7) is 1.35. The third-order valence-corrected chi connectivity index (χ3v) is 4.94. The summed E-state index contributed by atoms with van der Waals surface area (Å²) >= 11 is 0. The molecule has 0 unspecified atom stereocenters. The van der Waals surface area contributed by atoms with Gasteiger partial charge in [-0.1, -0.05) is 12.1 Å². The number of carbonyl (C=O) groups excluding carboxylic acids is 1. The number of nitrogens with zero attached hydrogens (tertiary/aromatic N) is 1. The van der Waals surface area contributed by atoms with E-state index in [0.29, 0.717) is 48.5 Å². The van der Waals surface area contributed by atoms with Crippen LogP contribution in [-0.2, 0) is 11.3 Å². The van der Waals surface area contributed by atoms with Gasteiger partial charge in [0, 0.05) is 43.4 Å². The molecule has 0 atom stereocenters. The minimum atomic E-state index is -0.239. The predicted molar refractivity (Wildman–Crippen MR) is 109 cm³/mol. The Labute approximate surface area is 170 Å². The van der Waals surface area contributed by atoms with E-state index >= 15 is 0 Å². The summed E-state index contributed by atoms with van der Waals surface area (Å²) < 4.78 is 29.1. The Balaban J connectivity index is 1.60. The standard InChI is InChI=1S/C22H27FN2O4/c1-27-19-12-17(13-20(28-2)22(19)29-3)24-21(26)10-11-25(18-8-9-18)14-15-4-6-16(23)7-5-15/h4-7,12-13,18H,8-11,14H2,1-3H3,(H,24,26). The van der Waals surface area contributed by atoms with Gasteiger partial charge in [-0.05, 0) is 30.5 Å². The van der Waals surface area contributed by atoms with E-state index in [0.717, 1.165) is 18.4 Å². The molecule has 0 spiro atoms. The predicted octanol–water partition coefficient (Wildman–Crippen LogP) is 3.84. The molecule has 0 bridgehead atoms. The van der Waals surface area contributed by atoms with Crippen molar-refractivity contribution in [3.05, 3.63) is 47.8 Å². The second kappa shape index (κ2) is 9.60. The summed E-state index contributed by atoms with van der Waals surface area (Å²) in [4.78, 5) is 14.8. The zero-order valence-corrected chi connectivity index (χ0v) is 17.0. The average Bonchev–Trinajstić information content (AvgIpc) is 3.57. The Morgan fingerprint density at radius 3 is 2.21 bits per heavy atom. The maximum absolute atomic E-state index is 13.1. The molecule has 1 aliphatic rings. The first-order valence-electron chi connectivity index (χ1n) is 9.62. The van der Waals surface area contributed by atoms with Gasteiger partial charge in [0.1, 0.15) is 5.82 Å². The fraction of sp³-hybridized carbons (Fsp3) is 0.409. The number of rotatable bonds is 10. The Kier molecular flexibility index (Phi) is 6.93. The van der Waals surface area contributed by atoms with Crippen molar-refractivity contribution in [2.24, 2.45) is 0 Å². The molecule has 0 heterocycles. The second-order valence-electron chi connectivity index (χ2n) is 7.04. The lowest BCUT2D eigenvalue weighted by atomic mass is 10.2. The zero-order chi connectivity index (χ0) is 20.8. The first-order chi connectivity index (χ1) is 14.0. The van der Waals surface area contributed by atoms with Crippen LogP contribution in [0, 0.1) is 5.82 Å². The molecule has 1 aliphatic carbocycles. The Morgan fingerprint density at radius 1 is 1.07 bits per heavy atom. The molecule has 3 rings (SSSR count). The van der Waals surface area contributed by atoms with Crippen LogP contribution in [0.1, 0.15) is 24.8 Å². The molecule has 1 amide bonds. The first kappa shape index (κ1) is 20.9. The molecular formula is C22H27FN2O4. The van der Waals surface area contributed by atoms with Gasteiger partial charge < -0.3 is 19.5 Å². The van der Waals surface area contributed by atoms with Gasteiger partial charge in [-0.15, -0.1) is 0 Å². The molecule has 0 saturated heterocycles. The highest BCUT2D eigenvalue weighted by molar-refractivity contribution is 5.91. The van der Waals surface area contributed by atoms with Crippen molar-refractivity contribution < 1.29 is 23.4 Å². The van der Waals surface area contributed by atoms with Crippen LogP contribution in [-0.4, -0.2) is 44.7 Å². The first-order valence-corrected chi connectivity index (χ1v) is 9.62. The quantitative estimate of drug-likeness (QED) is 0.654. The topological polar surface area (TPSA) is 60.0 Å². The van der Waals surface area contributed by atoms with Crippen molar-refractivity contribution in [2.45, 2.75) is 31.8 Å². The summed E-state index contributed by atoms with van der Waals surface area (Å²) in [5.74, 6) is 1.11. The van der Waals surface area contributed by atoms with Crippen molar-refractivity contribution in [1.82, 2.24) is 4.90 Å². The smallest absolute Gasteiger partial charge is 0.225 e.